The van der Waals surface area contributed by atoms with E-state index in [-0.39, 0.29) is 16.3 Å². The number of aromatic amines is 1. The zero-order valence-corrected chi connectivity index (χ0v) is 16.7. The summed E-state index contributed by atoms with van der Waals surface area (Å²) >= 11 is 13.4. The molecule has 5 nitrogen and oxygen atoms in total. The first kappa shape index (κ1) is 18.3. The molecule has 27 heavy (non-hydrogen) atoms. The maximum Gasteiger partial charge on any atom is 0.265 e. The van der Waals surface area contributed by atoms with Crippen LogP contribution in [0.2, 0.25) is 10.0 Å². The minimum atomic E-state index is -0.719. The minimum absolute atomic E-state index is 0.245. The number of nitrogens with one attached hydrogen (secondary N) is 2. The first-order chi connectivity index (χ1) is 12.8. The first-order valence-corrected chi connectivity index (χ1v) is 10.1. The number of carbonyl (C=O) groups is 1. The van der Waals surface area contributed by atoms with Crippen LogP contribution in [0.4, 0.5) is 5.69 Å². The van der Waals surface area contributed by atoms with Gasteiger partial charge in [0.2, 0.25) is 0 Å². The Morgan fingerprint density at radius 1 is 1.37 bits per heavy atom. The Bertz CT molecular complexity index is 1140. The number of thiophene rings is 1. The Balaban J connectivity index is 1.79. The Kier molecular flexibility index (Phi) is 4.66. The predicted octanol–water partition coefficient (Wildman–Crippen LogP) is 4.98. The predicted molar refractivity (Wildman–Crippen MR) is 110 cm³/mol. The van der Waals surface area contributed by atoms with Crippen molar-refractivity contribution >= 4 is 56.3 Å². The number of benzene rings is 1. The Morgan fingerprint density at radius 2 is 2.15 bits per heavy atom. The van der Waals surface area contributed by atoms with Gasteiger partial charge in [-0.1, -0.05) is 30.1 Å². The number of H-pyrrole nitrogens is 1. The summed E-state index contributed by atoms with van der Waals surface area (Å²) in [6, 6.07) is 4.61. The summed E-state index contributed by atoms with van der Waals surface area (Å²) < 4.78 is 0. The third kappa shape index (κ3) is 3.22. The van der Waals surface area contributed by atoms with Crippen molar-refractivity contribution < 1.29 is 9.90 Å². The van der Waals surface area contributed by atoms with Crippen molar-refractivity contribution in [3.8, 4) is 5.75 Å². The summed E-state index contributed by atoms with van der Waals surface area (Å²) in [5.74, 6) is -0.429. The fourth-order valence-electron chi connectivity index (χ4n) is 3.47. The zero-order valence-electron chi connectivity index (χ0n) is 14.4. The number of aromatic hydroxyl groups is 1. The number of hydrogen-bond acceptors (Lipinski definition) is 4. The maximum absolute atomic E-state index is 12.7. The van der Waals surface area contributed by atoms with Crippen LogP contribution in [0.5, 0.6) is 5.75 Å². The number of rotatable bonds is 2. The molecule has 4 rings (SSSR count). The molecule has 1 amide bonds. The molecule has 1 aliphatic rings. The van der Waals surface area contributed by atoms with E-state index < -0.39 is 11.5 Å². The minimum Gasteiger partial charge on any atom is -0.506 e. The topological polar surface area (TPSA) is 82.2 Å². The van der Waals surface area contributed by atoms with E-state index >= 15 is 0 Å². The molecule has 3 aromatic rings. The standard InChI is InChI=1S/C19H16Cl2N2O3S/c1-8-2-4-10-13(6-8)27-19-14(10)16(24)15(18(26)23-19)17(25)22-12-5-3-9(20)7-11(12)21/h3,5,7-8H,2,4,6H2,1H3,(H,22,25)(H2,23,24,26)/t8-/m0/s1. The highest BCUT2D eigenvalue weighted by molar-refractivity contribution is 7.18. The third-order valence-corrected chi connectivity index (χ3v) is 6.56. The van der Waals surface area contributed by atoms with E-state index in [1.54, 1.807) is 12.1 Å². The van der Waals surface area contributed by atoms with Crippen LogP contribution in [0.25, 0.3) is 10.2 Å². The molecular weight excluding hydrogens is 407 g/mol. The van der Waals surface area contributed by atoms with Gasteiger partial charge in [-0.2, -0.15) is 0 Å². The largest absolute Gasteiger partial charge is 0.506 e. The second-order valence-corrected chi connectivity index (χ2v) is 8.76. The highest BCUT2D eigenvalue weighted by Gasteiger charge is 2.27. The van der Waals surface area contributed by atoms with Crippen molar-refractivity contribution in [2.75, 3.05) is 5.32 Å². The number of halogens is 2. The van der Waals surface area contributed by atoms with Crippen LogP contribution in [0.1, 0.15) is 34.1 Å². The molecule has 1 atom stereocenters. The monoisotopic (exact) mass is 422 g/mol. The number of fused-ring (bicyclic) bond motifs is 3. The van der Waals surface area contributed by atoms with Gasteiger partial charge in [-0.15, -0.1) is 11.3 Å². The van der Waals surface area contributed by atoms with Gasteiger partial charge in [0.25, 0.3) is 11.5 Å². The maximum atomic E-state index is 12.7. The number of hydrogen-bond donors (Lipinski definition) is 3. The van der Waals surface area contributed by atoms with Gasteiger partial charge < -0.3 is 15.4 Å². The summed E-state index contributed by atoms with van der Waals surface area (Å²) in [5.41, 5.74) is 0.397. The van der Waals surface area contributed by atoms with Gasteiger partial charge in [0, 0.05) is 9.90 Å². The second-order valence-electron chi connectivity index (χ2n) is 6.81. The van der Waals surface area contributed by atoms with Gasteiger partial charge in [-0.05, 0) is 48.9 Å². The van der Waals surface area contributed by atoms with Gasteiger partial charge in [-0.25, -0.2) is 0 Å². The molecule has 0 radical (unpaired) electrons. The Morgan fingerprint density at radius 3 is 2.89 bits per heavy atom. The zero-order chi connectivity index (χ0) is 19.3. The highest BCUT2D eigenvalue weighted by Crippen LogP contribution is 2.41. The number of carbonyl (C=O) groups excluding carboxylic acids is 1. The molecule has 140 valence electrons. The summed E-state index contributed by atoms with van der Waals surface area (Å²) in [6.45, 7) is 2.19. The Labute approximate surface area is 168 Å². The van der Waals surface area contributed by atoms with Crippen LogP contribution in [0.15, 0.2) is 23.0 Å². The van der Waals surface area contributed by atoms with Crippen LogP contribution in [0, 0.1) is 5.92 Å². The number of aromatic nitrogens is 1. The Hall–Kier alpha value is -2.02. The summed E-state index contributed by atoms with van der Waals surface area (Å²) in [7, 11) is 0. The molecule has 8 heteroatoms. The number of pyridine rings is 1. The number of aryl methyl sites for hydroxylation is 1. The van der Waals surface area contributed by atoms with Crippen LogP contribution in [0.3, 0.4) is 0 Å². The molecule has 0 spiro atoms. The third-order valence-electron chi connectivity index (χ3n) is 4.85. The summed E-state index contributed by atoms with van der Waals surface area (Å²) in [6.07, 6.45) is 2.75. The lowest BCUT2D eigenvalue weighted by atomic mass is 9.89. The van der Waals surface area contributed by atoms with Crippen molar-refractivity contribution in [1.29, 1.82) is 0 Å². The first-order valence-electron chi connectivity index (χ1n) is 8.51. The van der Waals surface area contributed by atoms with Crippen molar-refractivity contribution in [3.05, 3.63) is 54.6 Å². The second kappa shape index (κ2) is 6.86. The molecule has 0 aliphatic heterocycles. The van der Waals surface area contributed by atoms with Crippen molar-refractivity contribution in [2.24, 2.45) is 5.92 Å². The molecular formula is C19H16Cl2N2O3S. The van der Waals surface area contributed by atoms with Crippen LogP contribution < -0.4 is 10.9 Å². The van der Waals surface area contributed by atoms with Gasteiger partial charge >= 0.3 is 0 Å². The molecule has 1 aromatic carbocycles. The molecule has 0 unspecified atom stereocenters. The van der Waals surface area contributed by atoms with Crippen molar-refractivity contribution in [2.45, 2.75) is 26.2 Å². The van der Waals surface area contributed by atoms with E-state index in [0.717, 1.165) is 29.7 Å². The van der Waals surface area contributed by atoms with Crippen molar-refractivity contribution in [3.63, 3.8) is 0 Å². The van der Waals surface area contributed by atoms with Gasteiger partial charge in [-0.3, -0.25) is 9.59 Å². The fourth-order valence-corrected chi connectivity index (χ4v) is 5.34. The fraction of sp³-hybridized carbons (Fsp3) is 0.263. The molecule has 0 bridgehead atoms. The van der Waals surface area contributed by atoms with Crippen LogP contribution in [-0.4, -0.2) is 16.0 Å². The normalized spacial score (nSPS) is 16.3. The van der Waals surface area contributed by atoms with Gasteiger partial charge in [0.15, 0.2) is 0 Å². The van der Waals surface area contributed by atoms with E-state index in [1.165, 1.54) is 17.4 Å². The average Bonchev–Trinajstić information content (AvgIpc) is 2.94. The summed E-state index contributed by atoms with van der Waals surface area (Å²) in [5, 5.41) is 14.6. The summed E-state index contributed by atoms with van der Waals surface area (Å²) in [4.78, 5) is 29.7. The lowest BCUT2D eigenvalue weighted by molar-refractivity contribution is 0.102. The molecule has 1 aliphatic carbocycles. The van der Waals surface area contributed by atoms with E-state index in [1.807, 2.05) is 0 Å². The van der Waals surface area contributed by atoms with E-state index in [4.69, 9.17) is 23.2 Å². The number of amides is 1. The molecule has 3 N–H and O–H groups in total. The van der Waals surface area contributed by atoms with Gasteiger partial charge in [0.1, 0.15) is 16.1 Å². The van der Waals surface area contributed by atoms with Crippen LogP contribution >= 0.6 is 34.5 Å². The highest BCUT2D eigenvalue weighted by atomic mass is 35.5. The molecule has 2 heterocycles. The van der Waals surface area contributed by atoms with E-state index in [0.29, 0.717) is 26.8 Å². The lowest BCUT2D eigenvalue weighted by Crippen LogP contribution is -2.23. The smallest absolute Gasteiger partial charge is 0.265 e. The quantitative estimate of drug-likeness (QED) is 0.544. The van der Waals surface area contributed by atoms with Crippen molar-refractivity contribution in [1.82, 2.24) is 4.98 Å². The lowest BCUT2D eigenvalue weighted by Gasteiger charge is -2.18. The molecule has 0 saturated heterocycles. The SMILES string of the molecule is C[C@H]1CCc2c(sc3[nH]c(=O)c(C(=O)Nc4ccc(Cl)cc4Cl)c(O)c23)C1. The molecule has 0 saturated carbocycles. The molecule has 2 aromatic heterocycles. The van der Waals surface area contributed by atoms with Gasteiger partial charge in [0.05, 0.1) is 16.1 Å². The van der Waals surface area contributed by atoms with E-state index in [2.05, 4.69) is 17.2 Å². The van der Waals surface area contributed by atoms with E-state index in [9.17, 15) is 14.7 Å². The average molecular weight is 423 g/mol. The molecule has 0 fully saturated rings. The van der Waals surface area contributed by atoms with Crippen LogP contribution in [-0.2, 0) is 12.8 Å². The number of anilines is 1.